The maximum atomic E-state index is 12.0. The monoisotopic (exact) mass is 445 g/mol. The summed E-state index contributed by atoms with van der Waals surface area (Å²) in [6.45, 7) is 6.97. The van der Waals surface area contributed by atoms with Crippen molar-refractivity contribution in [1.29, 1.82) is 0 Å². The summed E-state index contributed by atoms with van der Waals surface area (Å²) in [7, 11) is 3.30. The summed E-state index contributed by atoms with van der Waals surface area (Å²) in [6.07, 6.45) is 6.39. The fraction of sp³-hybridized carbons (Fsp3) is 0.360. The second-order valence-corrected chi connectivity index (χ2v) is 7.30. The average molecular weight is 446 g/mol. The van der Waals surface area contributed by atoms with Crippen molar-refractivity contribution >= 4 is 23.4 Å². The molecule has 0 saturated carbocycles. The van der Waals surface area contributed by atoms with Crippen LogP contribution in [0.15, 0.2) is 60.7 Å². The molecule has 2 rings (SSSR count). The third-order valence-corrected chi connectivity index (χ3v) is 4.37. The first-order valence-corrected chi connectivity index (χ1v) is 10.8. The van der Waals surface area contributed by atoms with Crippen molar-refractivity contribution in [3.05, 3.63) is 71.3 Å². The van der Waals surface area contributed by atoms with Crippen LogP contribution in [0.4, 0.5) is 0 Å². The molecular weight excluding hydrogens is 410 g/mol. The number of likely N-dealkylation sites (N-methyl/N-ethyl adjacent to an activating group) is 1. The molecule has 0 aliphatic carbocycles. The van der Waals surface area contributed by atoms with Crippen molar-refractivity contribution in [3.63, 3.8) is 0 Å². The number of hydrogen-bond acceptors (Lipinski definition) is 3. The number of hydrogen-bond donors (Lipinski definition) is 2. The van der Waals surface area contributed by atoms with E-state index in [1.807, 2.05) is 62.4 Å². The van der Waals surface area contributed by atoms with Gasteiger partial charge in [-0.15, -0.1) is 0 Å². The Labute approximate surface area is 192 Å². The number of amides is 2. The molecule has 0 atom stereocenters. The normalized spacial score (nSPS) is 9.77. The number of unbranched alkanes of at least 4 members (excludes halogenated alkanes) is 1. The second kappa shape index (κ2) is 17.1. The first kappa shape index (κ1) is 28.4. The van der Waals surface area contributed by atoms with Crippen molar-refractivity contribution in [3.8, 4) is 11.1 Å². The third-order valence-electron chi connectivity index (χ3n) is 4.11. The van der Waals surface area contributed by atoms with Crippen molar-refractivity contribution in [2.75, 3.05) is 27.2 Å². The number of nitrogens with zero attached hydrogens (tertiary/aromatic N) is 1. The topological polar surface area (TPSA) is 75.4 Å². The molecule has 0 unspecified atom stereocenters. The Hall–Kier alpha value is -2.63. The predicted molar refractivity (Wildman–Crippen MR) is 132 cm³/mol. The molecule has 0 spiro atoms. The quantitative estimate of drug-likeness (QED) is 0.603. The third kappa shape index (κ3) is 12.6. The molecule has 2 aromatic rings. The lowest BCUT2D eigenvalue weighted by atomic mass is 10.0. The van der Waals surface area contributed by atoms with Gasteiger partial charge in [0.05, 0.1) is 6.54 Å². The van der Waals surface area contributed by atoms with Crippen LogP contribution in [0.25, 0.3) is 11.1 Å². The molecule has 0 fully saturated rings. The summed E-state index contributed by atoms with van der Waals surface area (Å²) in [5.41, 5.74) is 7.68. The first-order valence-electron chi connectivity index (χ1n) is 10.4. The van der Waals surface area contributed by atoms with E-state index in [4.69, 9.17) is 17.3 Å². The number of allylic oxidation sites excluding steroid dienone is 2. The molecular formula is C25H36ClN3O2. The van der Waals surface area contributed by atoms with Crippen LogP contribution >= 0.6 is 11.6 Å². The van der Waals surface area contributed by atoms with Gasteiger partial charge in [-0.3, -0.25) is 9.59 Å². The fourth-order valence-electron chi connectivity index (χ4n) is 2.08. The van der Waals surface area contributed by atoms with Crippen molar-refractivity contribution in [2.24, 2.45) is 5.73 Å². The Kier molecular flexibility index (Phi) is 15.6. The van der Waals surface area contributed by atoms with Gasteiger partial charge in [0.25, 0.3) is 5.91 Å². The zero-order chi connectivity index (χ0) is 23.6. The van der Waals surface area contributed by atoms with E-state index < -0.39 is 0 Å². The van der Waals surface area contributed by atoms with Gasteiger partial charge >= 0.3 is 0 Å². The van der Waals surface area contributed by atoms with Crippen LogP contribution in [-0.2, 0) is 4.79 Å². The summed E-state index contributed by atoms with van der Waals surface area (Å²) in [6, 6.07) is 14.7. The Morgan fingerprint density at radius 1 is 0.968 bits per heavy atom. The predicted octanol–water partition coefficient (Wildman–Crippen LogP) is 5.15. The molecule has 0 aromatic heterocycles. The molecule has 0 radical (unpaired) electrons. The van der Waals surface area contributed by atoms with Crippen LogP contribution in [0.2, 0.25) is 5.02 Å². The van der Waals surface area contributed by atoms with Gasteiger partial charge in [0.2, 0.25) is 5.91 Å². The lowest BCUT2D eigenvalue weighted by Gasteiger charge is -2.11. The maximum Gasteiger partial charge on any atom is 0.251 e. The number of halogens is 1. The molecule has 2 amide bonds. The molecule has 170 valence electrons. The number of rotatable bonds is 6. The average Bonchev–Trinajstić information content (AvgIpc) is 2.79. The van der Waals surface area contributed by atoms with E-state index in [9.17, 15) is 9.59 Å². The molecule has 2 aromatic carbocycles. The molecule has 0 aliphatic heterocycles. The van der Waals surface area contributed by atoms with Gasteiger partial charge in [-0.05, 0) is 62.2 Å². The standard InChI is InChI=1S/C17H17ClN2O2.C4H11N.C4H8/c1-20(2)16(21)11-19-17(22)14-5-3-12(4-6-14)13-7-9-15(18)10-8-13;1-2-3-4-5;1-3-4-2/h3-10H,11H2,1-2H3,(H,19,22);2-5H2,1H3;3-4H,1-2H3/b;;4-3-. The van der Waals surface area contributed by atoms with Crippen molar-refractivity contribution in [1.82, 2.24) is 10.2 Å². The maximum absolute atomic E-state index is 12.0. The van der Waals surface area contributed by atoms with E-state index >= 15 is 0 Å². The van der Waals surface area contributed by atoms with Crippen molar-refractivity contribution < 1.29 is 9.59 Å². The number of nitrogens with one attached hydrogen (secondary N) is 1. The first-order chi connectivity index (χ1) is 14.8. The van der Waals surface area contributed by atoms with Gasteiger partial charge in [0.1, 0.15) is 0 Å². The van der Waals surface area contributed by atoms with Crippen LogP contribution in [0.5, 0.6) is 0 Å². The van der Waals surface area contributed by atoms with Gasteiger partial charge < -0.3 is 16.0 Å². The number of carbonyl (C=O) groups excluding carboxylic acids is 2. The zero-order valence-electron chi connectivity index (χ0n) is 19.3. The van der Waals surface area contributed by atoms with E-state index in [-0.39, 0.29) is 18.4 Å². The lowest BCUT2D eigenvalue weighted by molar-refractivity contribution is -0.127. The molecule has 0 saturated heterocycles. The molecule has 0 heterocycles. The van der Waals surface area contributed by atoms with E-state index in [1.165, 1.54) is 17.7 Å². The van der Waals surface area contributed by atoms with Crippen LogP contribution in [-0.4, -0.2) is 43.9 Å². The summed E-state index contributed by atoms with van der Waals surface area (Å²) in [5, 5.41) is 3.28. The number of carbonyl (C=O) groups is 2. The summed E-state index contributed by atoms with van der Waals surface area (Å²) in [4.78, 5) is 24.8. The highest BCUT2D eigenvalue weighted by atomic mass is 35.5. The Morgan fingerprint density at radius 2 is 1.45 bits per heavy atom. The van der Waals surface area contributed by atoms with E-state index in [0.29, 0.717) is 10.6 Å². The second-order valence-electron chi connectivity index (χ2n) is 6.86. The Balaban J connectivity index is 0.000000846. The highest BCUT2D eigenvalue weighted by Gasteiger charge is 2.09. The van der Waals surface area contributed by atoms with E-state index in [0.717, 1.165) is 17.7 Å². The van der Waals surface area contributed by atoms with Crippen molar-refractivity contribution in [2.45, 2.75) is 33.6 Å². The molecule has 0 aliphatic rings. The van der Waals surface area contributed by atoms with Crippen LogP contribution in [0, 0.1) is 0 Å². The van der Waals surface area contributed by atoms with E-state index in [1.54, 1.807) is 26.2 Å². The SMILES string of the molecule is C/C=C\C.CCCCN.CN(C)C(=O)CNC(=O)c1ccc(-c2ccc(Cl)cc2)cc1. The highest BCUT2D eigenvalue weighted by molar-refractivity contribution is 6.30. The molecule has 31 heavy (non-hydrogen) atoms. The van der Waals surface area contributed by atoms with Gasteiger partial charge in [-0.1, -0.05) is 61.4 Å². The Bertz CT molecular complexity index is 779. The molecule has 6 heteroatoms. The Morgan fingerprint density at radius 3 is 1.81 bits per heavy atom. The van der Waals surface area contributed by atoms with E-state index in [2.05, 4.69) is 12.2 Å². The summed E-state index contributed by atoms with van der Waals surface area (Å²) >= 11 is 5.86. The van der Waals surface area contributed by atoms with Gasteiger partial charge in [0, 0.05) is 24.7 Å². The zero-order valence-corrected chi connectivity index (χ0v) is 20.1. The van der Waals surface area contributed by atoms with Crippen LogP contribution < -0.4 is 11.1 Å². The molecule has 3 N–H and O–H groups in total. The van der Waals surface area contributed by atoms with Gasteiger partial charge in [-0.2, -0.15) is 0 Å². The van der Waals surface area contributed by atoms with Gasteiger partial charge in [-0.25, -0.2) is 0 Å². The lowest BCUT2D eigenvalue weighted by Crippen LogP contribution is -2.36. The van der Waals surface area contributed by atoms with Gasteiger partial charge in [0.15, 0.2) is 0 Å². The minimum Gasteiger partial charge on any atom is -0.347 e. The van der Waals surface area contributed by atoms with Crippen LogP contribution in [0.1, 0.15) is 44.0 Å². The largest absolute Gasteiger partial charge is 0.347 e. The number of benzene rings is 2. The smallest absolute Gasteiger partial charge is 0.251 e. The minimum absolute atomic E-state index is 0.00916. The summed E-state index contributed by atoms with van der Waals surface area (Å²) in [5.74, 6) is -0.413. The number of nitrogens with two attached hydrogens (primary N) is 1. The minimum atomic E-state index is -0.266. The highest BCUT2D eigenvalue weighted by Crippen LogP contribution is 2.21. The molecule has 0 bridgehead atoms. The van der Waals surface area contributed by atoms with Crippen LogP contribution in [0.3, 0.4) is 0 Å². The summed E-state index contributed by atoms with van der Waals surface area (Å²) < 4.78 is 0. The molecule has 5 nitrogen and oxygen atoms in total. The fourth-order valence-corrected chi connectivity index (χ4v) is 2.20.